The summed E-state index contributed by atoms with van der Waals surface area (Å²) in [7, 11) is 0. The normalized spacial score (nSPS) is 22.6. The van der Waals surface area contributed by atoms with Crippen molar-refractivity contribution in [3.05, 3.63) is 48.5 Å². The number of hydrogen-bond acceptors (Lipinski definition) is 6. The topological polar surface area (TPSA) is 135 Å². The number of nitrogens with one attached hydrogen (secondary N) is 3. The van der Waals surface area contributed by atoms with E-state index in [2.05, 4.69) is 20.9 Å². The van der Waals surface area contributed by atoms with E-state index in [0.29, 0.717) is 38.2 Å². The summed E-state index contributed by atoms with van der Waals surface area (Å²) >= 11 is 0. The van der Waals surface area contributed by atoms with Crippen LogP contribution < -0.4 is 20.7 Å². The van der Waals surface area contributed by atoms with Crippen molar-refractivity contribution in [3.63, 3.8) is 0 Å². The number of nitrogens with zero attached hydrogens (tertiary/aromatic N) is 3. The van der Waals surface area contributed by atoms with E-state index >= 15 is 0 Å². The number of hydrogen-bond donors (Lipinski definition) is 3. The molecule has 0 bridgehead atoms. The number of aromatic nitrogens is 2. The van der Waals surface area contributed by atoms with E-state index in [9.17, 15) is 19.2 Å². The van der Waals surface area contributed by atoms with E-state index in [1.807, 2.05) is 24.6 Å². The van der Waals surface area contributed by atoms with Gasteiger partial charge in [0, 0.05) is 38.4 Å². The third-order valence-electron chi connectivity index (χ3n) is 7.28. The Balaban J connectivity index is 1.53. The molecule has 0 spiro atoms. The molecule has 3 atom stereocenters. The molecule has 0 unspecified atom stereocenters. The lowest BCUT2D eigenvalue weighted by atomic mass is 10.0. The number of ether oxygens (including phenoxy) is 1. The van der Waals surface area contributed by atoms with E-state index in [-0.39, 0.29) is 54.7 Å². The Bertz CT molecular complexity index is 1150. The van der Waals surface area contributed by atoms with Gasteiger partial charge >= 0.3 is 0 Å². The lowest BCUT2D eigenvalue weighted by Gasteiger charge is -2.28. The third-order valence-corrected chi connectivity index (χ3v) is 7.28. The van der Waals surface area contributed by atoms with E-state index in [1.165, 1.54) is 0 Å². The van der Waals surface area contributed by atoms with E-state index in [4.69, 9.17) is 4.74 Å². The molecule has 39 heavy (non-hydrogen) atoms. The average molecular weight is 539 g/mol. The van der Waals surface area contributed by atoms with Gasteiger partial charge in [-0.05, 0) is 43.7 Å². The summed E-state index contributed by atoms with van der Waals surface area (Å²) in [5, 5.41) is 8.76. The van der Waals surface area contributed by atoms with Crippen LogP contribution in [0.5, 0.6) is 5.75 Å². The van der Waals surface area contributed by atoms with Crippen LogP contribution in [0, 0.1) is 5.92 Å². The van der Waals surface area contributed by atoms with Crippen LogP contribution in [0.3, 0.4) is 0 Å². The van der Waals surface area contributed by atoms with Gasteiger partial charge in [0.2, 0.25) is 17.7 Å². The Labute approximate surface area is 228 Å². The van der Waals surface area contributed by atoms with Crippen LogP contribution in [0.25, 0.3) is 0 Å². The fraction of sp³-hybridized carbons (Fsp3) is 0.536. The summed E-state index contributed by atoms with van der Waals surface area (Å²) in [5.74, 6) is -0.795. The Kier molecular flexibility index (Phi) is 9.56. The molecule has 1 aromatic heterocycles. The van der Waals surface area contributed by atoms with Gasteiger partial charge in [0.05, 0.1) is 17.9 Å². The van der Waals surface area contributed by atoms with Gasteiger partial charge in [-0.2, -0.15) is 0 Å². The van der Waals surface area contributed by atoms with Gasteiger partial charge in [0.15, 0.2) is 0 Å². The lowest BCUT2D eigenvalue weighted by molar-refractivity contribution is -0.139. The van der Waals surface area contributed by atoms with Crippen LogP contribution in [-0.2, 0) is 20.9 Å². The van der Waals surface area contributed by atoms with Crippen molar-refractivity contribution in [2.24, 2.45) is 5.92 Å². The van der Waals surface area contributed by atoms with Crippen molar-refractivity contribution >= 4 is 23.6 Å². The molecule has 11 nitrogen and oxygen atoms in total. The highest BCUT2D eigenvalue weighted by molar-refractivity contribution is 5.99. The van der Waals surface area contributed by atoms with Gasteiger partial charge < -0.3 is 30.2 Å². The molecule has 0 saturated carbocycles. The lowest BCUT2D eigenvalue weighted by Crippen LogP contribution is -2.52. The zero-order chi connectivity index (χ0) is 27.8. The number of aryl methyl sites for hydroxylation is 1. The average Bonchev–Trinajstić information content (AvgIpc) is 3.63. The number of fused-ring (bicyclic) bond motifs is 2. The molecule has 210 valence electrons. The highest BCUT2D eigenvalue weighted by Crippen LogP contribution is 2.22. The second kappa shape index (κ2) is 13.3. The Hall–Kier alpha value is -3.89. The molecule has 4 amide bonds. The molecule has 3 heterocycles. The number of carbonyl (C=O) groups is 4. The fourth-order valence-electron chi connectivity index (χ4n) is 4.91. The molecule has 0 radical (unpaired) electrons. The second-order valence-electron chi connectivity index (χ2n) is 10.4. The predicted octanol–water partition coefficient (Wildman–Crippen LogP) is 1.49. The standard InChI is InChI=1S/C28H38N6O5/c1-19(2)22-17-39-24-9-4-3-7-20(24)26(36)31-21(27(37)30-12-6-14-33-16-13-29-18-33)10-11-25(35)34-15-5-8-23(34)28(38)32-22/h3-4,7,9,13,16,18-19,21-23H,5-6,8,10-12,14-15,17H2,1-2H3,(H,30,37)(H,31,36)(H,32,38)/t21-,22-,23-/m0/s1. The smallest absolute Gasteiger partial charge is 0.255 e. The van der Waals surface area contributed by atoms with E-state index in [1.54, 1.807) is 41.7 Å². The van der Waals surface area contributed by atoms with Gasteiger partial charge in [-0.25, -0.2) is 4.98 Å². The van der Waals surface area contributed by atoms with Crippen LogP contribution in [0.15, 0.2) is 43.0 Å². The summed E-state index contributed by atoms with van der Waals surface area (Å²) in [4.78, 5) is 58.5. The molecular weight excluding hydrogens is 500 g/mol. The zero-order valence-electron chi connectivity index (χ0n) is 22.6. The first-order valence-electron chi connectivity index (χ1n) is 13.7. The first kappa shape index (κ1) is 28.1. The highest BCUT2D eigenvalue weighted by Gasteiger charge is 2.36. The molecule has 2 aliphatic heterocycles. The third kappa shape index (κ3) is 7.36. The Morgan fingerprint density at radius 2 is 2.00 bits per heavy atom. The second-order valence-corrected chi connectivity index (χ2v) is 10.4. The van der Waals surface area contributed by atoms with Crippen LogP contribution in [0.4, 0.5) is 0 Å². The SMILES string of the molecule is CC(C)[C@@H]1COc2ccccc2C(=O)N[C@H](C(=O)NCCCn2ccnc2)CCC(=O)N2CCC[C@H]2C(=O)N1. The monoisotopic (exact) mass is 538 g/mol. The van der Waals surface area contributed by atoms with E-state index < -0.39 is 18.0 Å². The van der Waals surface area contributed by atoms with Crippen LogP contribution in [0.1, 0.15) is 56.3 Å². The number of para-hydroxylation sites is 1. The summed E-state index contributed by atoms with van der Waals surface area (Å²) in [6, 6.07) is 5.03. The fourth-order valence-corrected chi connectivity index (χ4v) is 4.91. The number of benzene rings is 1. The summed E-state index contributed by atoms with van der Waals surface area (Å²) < 4.78 is 7.95. The van der Waals surface area contributed by atoms with Crippen molar-refractivity contribution in [2.75, 3.05) is 19.7 Å². The molecular formula is C28H38N6O5. The quantitative estimate of drug-likeness (QED) is 0.477. The first-order valence-corrected chi connectivity index (χ1v) is 13.7. The number of amides is 4. The Morgan fingerprint density at radius 3 is 2.77 bits per heavy atom. The van der Waals surface area contributed by atoms with Crippen LogP contribution in [0.2, 0.25) is 0 Å². The molecule has 11 heteroatoms. The molecule has 3 N–H and O–H groups in total. The minimum Gasteiger partial charge on any atom is -0.491 e. The molecule has 1 fully saturated rings. The number of imidazole rings is 1. The van der Waals surface area contributed by atoms with Crippen molar-refractivity contribution < 1.29 is 23.9 Å². The summed E-state index contributed by atoms with van der Waals surface area (Å²) in [6.45, 7) is 5.71. The maximum absolute atomic E-state index is 13.3. The highest BCUT2D eigenvalue weighted by atomic mass is 16.5. The minimum absolute atomic E-state index is 0.0307. The summed E-state index contributed by atoms with van der Waals surface area (Å²) in [6.07, 6.45) is 7.40. The minimum atomic E-state index is -0.925. The van der Waals surface area contributed by atoms with Gasteiger partial charge in [-0.15, -0.1) is 0 Å². The van der Waals surface area contributed by atoms with Crippen LogP contribution in [-0.4, -0.2) is 75.9 Å². The predicted molar refractivity (Wildman–Crippen MR) is 144 cm³/mol. The van der Waals surface area contributed by atoms with Gasteiger partial charge in [-0.1, -0.05) is 26.0 Å². The first-order chi connectivity index (χ1) is 18.8. The van der Waals surface area contributed by atoms with Crippen molar-refractivity contribution in [3.8, 4) is 5.75 Å². The maximum Gasteiger partial charge on any atom is 0.255 e. The van der Waals surface area contributed by atoms with E-state index in [0.717, 1.165) is 6.42 Å². The summed E-state index contributed by atoms with van der Waals surface area (Å²) in [5.41, 5.74) is 0.283. The molecule has 2 aromatic rings. The van der Waals surface area contributed by atoms with Gasteiger partial charge in [0.25, 0.3) is 5.91 Å². The molecule has 4 rings (SSSR count). The van der Waals surface area contributed by atoms with Crippen LogP contribution >= 0.6 is 0 Å². The number of rotatable bonds is 6. The van der Waals surface area contributed by atoms with Gasteiger partial charge in [0.1, 0.15) is 24.4 Å². The molecule has 1 saturated heterocycles. The molecule has 2 aliphatic rings. The maximum atomic E-state index is 13.3. The van der Waals surface area contributed by atoms with Gasteiger partial charge in [-0.3, -0.25) is 19.2 Å². The number of carbonyl (C=O) groups excluding carboxylic acids is 4. The van der Waals surface area contributed by atoms with Crippen molar-refractivity contribution in [2.45, 2.75) is 70.6 Å². The zero-order valence-corrected chi connectivity index (χ0v) is 22.6. The van der Waals surface area contributed by atoms with Crippen molar-refractivity contribution in [1.82, 2.24) is 30.4 Å². The van der Waals surface area contributed by atoms with Crippen molar-refractivity contribution in [1.29, 1.82) is 0 Å². The largest absolute Gasteiger partial charge is 0.491 e. The molecule has 1 aromatic carbocycles. The molecule has 0 aliphatic carbocycles. The Morgan fingerprint density at radius 1 is 1.18 bits per heavy atom.